The maximum absolute atomic E-state index is 11.5. The molecule has 2 rings (SSSR count). The third-order valence-corrected chi connectivity index (χ3v) is 3.48. The lowest BCUT2D eigenvalue weighted by Gasteiger charge is -2.03. The number of methoxy groups -OCH3 is 1. The van der Waals surface area contributed by atoms with Gasteiger partial charge in [-0.1, -0.05) is 51.4 Å². The summed E-state index contributed by atoms with van der Waals surface area (Å²) >= 11 is 3.40. The van der Waals surface area contributed by atoms with E-state index in [-0.39, 0.29) is 5.97 Å². The van der Waals surface area contributed by atoms with Gasteiger partial charge in [-0.2, -0.15) is 0 Å². The van der Waals surface area contributed by atoms with E-state index in [9.17, 15) is 4.79 Å². The zero-order valence-electron chi connectivity index (χ0n) is 11.5. The fourth-order valence-corrected chi connectivity index (χ4v) is 2.02. The SMILES string of the molecule is COC(=O)c1ccc(Br)c(/C=N\OCc2ccccc2)c1. The van der Waals surface area contributed by atoms with Crippen LogP contribution in [0.5, 0.6) is 0 Å². The monoisotopic (exact) mass is 347 g/mol. The van der Waals surface area contributed by atoms with Crippen molar-refractivity contribution in [2.75, 3.05) is 7.11 Å². The van der Waals surface area contributed by atoms with Crippen LogP contribution in [0.25, 0.3) is 0 Å². The molecule has 0 aliphatic carbocycles. The Morgan fingerprint density at radius 2 is 2.00 bits per heavy atom. The van der Waals surface area contributed by atoms with Crippen LogP contribution in [0.15, 0.2) is 58.2 Å². The van der Waals surface area contributed by atoms with Gasteiger partial charge in [0.2, 0.25) is 0 Å². The van der Waals surface area contributed by atoms with Gasteiger partial charge in [0.15, 0.2) is 0 Å². The maximum atomic E-state index is 11.5. The number of hydrogen-bond acceptors (Lipinski definition) is 4. The molecule has 2 aromatic rings. The molecule has 0 saturated carbocycles. The van der Waals surface area contributed by atoms with Gasteiger partial charge in [-0.15, -0.1) is 0 Å². The molecule has 4 nitrogen and oxygen atoms in total. The minimum absolute atomic E-state index is 0.387. The first-order chi connectivity index (χ1) is 10.2. The second-order valence-electron chi connectivity index (χ2n) is 4.22. The number of carbonyl (C=O) groups is 1. The average molecular weight is 348 g/mol. The molecule has 2 aromatic carbocycles. The van der Waals surface area contributed by atoms with Crippen molar-refractivity contribution in [1.29, 1.82) is 0 Å². The highest BCUT2D eigenvalue weighted by atomic mass is 79.9. The van der Waals surface area contributed by atoms with Crippen molar-refractivity contribution < 1.29 is 14.4 Å². The minimum Gasteiger partial charge on any atom is -0.465 e. The van der Waals surface area contributed by atoms with Gasteiger partial charge in [0.25, 0.3) is 0 Å². The van der Waals surface area contributed by atoms with Crippen molar-refractivity contribution in [2.45, 2.75) is 6.61 Å². The highest BCUT2D eigenvalue weighted by molar-refractivity contribution is 9.10. The summed E-state index contributed by atoms with van der Waals surface area (Å²) in [6, 6.07) is 14.9. The molecule has 0 aliphatic rings. The Hall–Kier alpha value is -2.14. The second kappa shape index (κ2) is 7.59. The lowest BCUT2D eigenvalue weighted by atomic mass is 10.1. The van der Waals surface area contributed by atoms with E-state index in [0.717, 1.165) is 15.6 Å². The molecule has 0 amide bonds. The minimum atomic E-state index is -0.387. The first-order valence-electron chi connectivity index (χ1n) is 6.28. The van der Waals surface area contributed by atoms with Gasteiger partial charge in [0, 0.05) is 10.0 Å². The molecule has 0 heterocycles. The van der Waals surface area contributed by atoms with E-state index in [4.69, 9.17) is 4.84 Å². The summed E-state index contributed by atoms with van der Waals surface area (Å²) in [4.78, 5) is 16.7. The molecule has 0 fully saturated rings. The Kier molecular flexibility index (Phi) is 5.51. The molecule has 0 spiro atoms. The Morgan fingerprint density at radius 3 is 2.71 bits per heavy atom. The van der Waals surface area contributed by atoms with Crippen molar-refractivity contribution in [3.63, 3.8) is 0 Å². The van der Waals surface area contributed by atoms with Crippen molar-refractivity contribution in [1.82, 2.24) is 0 Å². The van der Waals surface area contributed by atoms with Crippen LogP contribution in [-0.4, -0.2) is 19.3 Å². The summed E-state index contributed by atoms with van der Waals surface area (Å²) in [5.74, 6) is -0.387. The quantitative estimate of drug-likeness (QED) is 0.469. The number of rotatable bonds is 5. The number of oxime groups is 1. The molecule has 0 aliphatic heterocycles. The van der Waals surface area contributed by atoms with E-state index < -0.39 is 0 Å². The summed E-state index contributed by atoms with van der Waals surface area (Å²) in [5, 5.41) is 3.92. The topological polar surface area (TPSA) is 47.9 Å². The van der Waals surface area contributed by atoms with Gasteiger partial charge in [0.1, 0.15) is 6.61 Å². The molecule has 108 valence electrons. The standard InChI is InChI=1S/C16H14BrNO3/c1-20-16(19)13-7-8-15(17)14(9-13)10-18-21-11-12-5-3-2-4-6-12/h2-10H,11H2,1H3/b18-10-. The van der Waals surface area contributed by atoms with Gasteiger partial charge in [-0.25, -0.2) is 4.79 Å². The van der Waals surface area contributed by atoms with E-state index in [2.05, 4.69) is 25.8 Å². The third kappa shape index (κ3) is 4.43. The summed E-state index contributed by atoms with van der Waals surface area (Å²) < 4.78 is 5.51. The molecule has 0 radical (unpaired) electrons. The third-order valence-electron chi connectivity index (χ3n) is 2.76. The zero-order chi connectivity index (χ0) is 15.1. The van der Waals surface area contributed by atoms with Crippen LogP contribution in [0.1, 0.15) is 21.5 Å². The molecule has 0 atom stereocenters. The normalized spacial score (nSPS) is 10.6. The van der Waals surface area contributed by atoms with Crippen molar-refractivity contribution >= 4 is 28.1 Å². The van der Waals surface area contributed by atoms with Crippen LogP contribution in [0, 0.1) is 0 Å². The summed E-state index contributed by atoms with van der Waals surface area (Å²) in [7, 11) is 1.35. The predicted molar refractivity (Wildman–Crippen MR) is 84.3 cm³/mol. The number of benzene rings is 2. The molecular weight excluding hydrogens is 334 g/mol. The maximum Gasteiger partial charge on any atom is 0.337 e. The number of hydrogen-bond donors (Lipinski definition) is 0. The summed E-state index contributed by atoms with van der Waals surface area (Å²) in [6.07, 6.45) is 1.56. The zero-order valence-corrected chi connectivity index (χ0v) is 13.0. The van der Waals surface area contributed by atoms with E-state index in [1.165, 1.54) is 7.11 Å². The van der Waals surface area contributed by atoms with E-state index in [0.29, 0.717) is 12.2 Å². The van der Waals surface area contributed by atoms with Gasteiger partial charge < -0.3 is 9.57 Å². The first-order valence-corrected chi connectivity index (χ1v) is 7.07. The van der Waals surface area contributed by atoms with E-state index >= 15 is 0 Å². The number of ether oxygens (including phenoxy) is 1. The lowest BCUT2D eigenvalue weighted by Crippen LogP contribution is -2.02. The van der Waals surface area contributed by atoms with Crippen molar-refractivity contribution in [3.8, 4) is 0 Å². The van der Waals surface area contributed by atoms with Crippen LogP contribution in [-0.2, 0) is 16.2 Å². The Balaban J connectivity index is 2.01. The van der Waals surface area contributed by atoms with Crippen LogP contribution in [0.4, 0.5) is 0 Å². The van der Waals surface area contributed by atoms with Crippen molar-refractivity contribution in [2.24, 2.45) is 5.16 Å². The van der Waals surface area contributed by atoms with Gasteiger partial charge >= 0.3 is 5.97 Å². The van der Waals surface area contributed by atoms with E-state index in [1.807, 2.05) is 30.3 Å². The van der Waals surface area contributed by atoms with Crippen LogP contribution in [0.3, 0.4) is 0 Å². The smallest absolute Gasteiger partial charge is 0.337 e. The fraction of sp³-hybridized carbons (Fsp3) is 0.125. The molecule has 5 heteroatoms. The predicted octanol–water partition coefficient (Wildman–Crippen LogP) is 3.79. The number of halogens is 1. The number of carbonyl (C=O) groups excluding carboxylic acids is 1. The second-order valence-corrected chi connectivity index (χ2v) is 5.08. The number of nitrogens with zero attached hydrogens (tertiary/aromatic N) is 1. The first kappa shape index (κ1) is 15.3. The van der Waals surface area contributed by atoms with Gasteiger partial charge in [-0.3, -0.25) is 0 Å². The summed E-state index contributed by atoms with van der Waals surface area (Å²) in [5.41, 5.74) is 2.24. The highest BCUT2D eigenvalue weighted by Crippen LogP contribution is 2.17. The van der Waals surface area contributed by atoms with Crippen molar-refractivity contribution in [3.05, 3.63) is 69.7 Å². The molecule has 0 unspecified atom stereocenters. The Morgan fingerprint density at radius 1 is 1.24 bits per heavy atom. The Bertz CT molecular complexity index is 641. The Labute approximate surface area is 131 Å². The van der Waals surface area contributed by atoms with Crippen LogP contribution >= 0.6 is 15.9 Å². The van der Waals surface area contributed by atoms with E-state index in [1.54, 1.807) is 24.4 Å². The molecule has 21 heavy (non-hydrogen) atoms. The average Bonchev–Trinajstić information content (AvgIpc) is 2.53. The van der Waals surface area contributed by atoms with Gasteiger partial charge in [-0.05, 0) is 23.8 Å². The van der Waals surface area contributed by atoms with Crippen LogP contribution in [0.2, 0.25) is 0 Å². The molecule has 0 aromatic heterocycles. The van der Waals surface area contributed by atoms with Crippen LogP contribution < -0.4 is 0 Å². The highest BCUT2D eigenvalue weighted by Gasteiger charge is 2.07. The number of esters is 1. The summed E-state index contributed by atoms with van der Waals surface area (Å²) in [6.45, 7) is 0.394. The van der Waals surface area contributed by atoms with Gasteiger partial charge in [0.05, 0.1) is 18.9 Å². The largest absolute Gasteiger partial charge is 0.465 e. The molecule has 0 saturated heterocycles. The molecule has 0 N–H and O–H groups in total. The molecule has 0 bridgehead atoms. The molecular formula is C16H14BrNO3. The lowest BCUT2D eigenvalue weighted by molar-refractivity contribution is 0.0600. The fourth-order valence-electron chi connectivity index (χ4n) is 1.67.